The highest BCUT2D eigenvalue weighted by molar-refractivity contribution is 5.73. The van der Waals surface area contributed by atoms with E-state index in [1.807, 2.05) is 13.0 Å². The van der Waals surface area contributed by atoms with Crippen molar-refractivity contribution in [1.29, 1.82) is 0 Å². The molecule has 5 nitrogen and oxygen atoms in total. The highest BCUT2D eigenvalue weighted by Crippen LogP contribution is 2.21. The minimum absolute atomic E-state index is 0.179. The zero-order valence-electron chi connectivity index (χ0n) is 11.5. The van der Waals surface area contributed by atoms with E-state index in [-0.39, 0.29) is 17.2 Å². The lowest BCUT2D eigenvalue weighted by Crippen LogP contribution is -2.38. The fourth-order valence-electron chi connectivity index (χ4n) is 2.23. The van der Waals surface area contributed by atoms with Crippen molar-refractivity contribution in [3.05, 3.63) is 68.0 Å². The molecular formula is C15H12FN3O2. The van der Waals surface area contributed by atoms with Crippen LogP contribution in [0, 0.1) is 19.7 Å². The average Bonchev–Trinajstić information content (AvgIpc) is 2.78. The topological polar surface area (TPSA) is 64.0 Å². The molecule has 0 fully saturated rings. The van der Waals surface area contributed by atoms with Crippen molar-refractivity contribution in [2.75, 3.05) is 5.32 Å². The molecule has 0 radical (unpaired) electrons. The summed E-state index contributed by atoms with van der Waals surface area (Å²) in [6.07, 6.45) is 0. The molecule has 0 aliphatic rings. The quantitative estimate of drug-likeness (QED) is 0.747. The van der Waals surface area contributed by atoms with Gasteiger partial charge in [0.05, 0.1) is 5.69 Å². The number of aromatic nitrogens is 2. The highest BCUT2D eigenvalue weighted by Gasteiger charge is 2.24. The van der Waals surface area contributed by atoms with E-state index in [1.165, 1.54) is 28.9 Å². The van der Waals surface area contributed by atoms with Gasteiger partial charge in [-0.3, -0.25) is 9.59 Å². The Hall–Kier alpha value is -2.76. The summed E-state index contributed by atoms with van der Waals surface area (Å²) in [5, 5.41) is 7.06. The Labute approximate surface area is 119 Å². The van der Waals surface area contributed by atoms with Crippen LogP contribution in [0.3, 0.4) is 0 Å². The minimum atomic E-state index is -0.595. The van der Waals surface area contributed by atoms with E-state index in [9.17, 15) is 14.0 Å². The second kappa shape index (κ2) is 4.66. The number of nitrogens with zero attached hydrogens (tertiary/aromatic N) is 2. The molecule has 0 amide bonds. The van der Waals surface area contributed by atoms with Crippen molar-refractivity contribution in [3.63, 3.8) is 0 Å². The first kappa shape index (κ1) is 13.2. The van der Waals surface area contributed by atoms with E-state index in [4.69, 9.17) is 0 Å². The highest BCUT2D eigenvalue weighted by atomic mass is 19.1. The van der Waals surface area contributed by atoms with Gasteiger partial charge in [0.2, 0.25) is 0 Å². The van der Waals surface area contributed by atoms with Crippen molar-refractivity contribution in [1.82, 2.24) is 9.78 Å². The molecule has 0 spiro atoms. The first-order chi connectivity index (χ1) is 9.97. The van der Waals surface area contributed by atoms with Crippen LogP contribution in [0.2, 0.25) is 0 Å². The molecule has 3 aromatic rings. The van der Waals surface area contributed by atoms with Crippen LogP contribution >= 0.6 is 0 Å². The molecule has 1 heterocycles. The number of benzene rings is 1. The molecule has 0 unspecified atom stereocenters. The van der Waals surface area contributed by atoms with E-state index < -0.39 is 10.9 Å². The number of anilines is 2. The molecule has 3 rings (SSSR count). The maximum absolute atomic E-state index is 12.9. The minimum Gasteiger partial charge on any atom is -0.350 e. The molecule has 1 aromatic heterocycles. The average molecular weight is 285 g/mol. The summed E-state index contributed by atoms with van der Waals surface area (Å²) in [5.41, 5.74) is 1.28. The van der Waals surface area contributed by atoms with Crippen molar-refractivity contribution in [2.24, 2.45) is 0 Å². The Balaban J connectivity index is 2.03. The van der Waals surface area contributed by atoms with Gasteiger partial charge >= 0.3 is 0 Å². The lowest BCUT2D eigenvalue weighted by molar-refractivity contribution is 0.628. The van der Waals surface area contributed by atoms with Gasteiger partial charge in [-0.15, -0.1) is 0 Å². The molecular weight excluding hydrogens is 273 g/mol. The molecule has 0 saturated heterocycles. The van der Waals surface area contributed by atoms with Gasteiger partial charge in [-0.25, -0.2) is 9.07 Å². The van der Waals surface area contributed by atoms with Crippen LogP contribution < -0.4 is 16.2 Å². The second-order valence-electron chi connectivity index (χ2n) is 4.85. The maximum atomic E-state index is 12.9. The largest absolute Gasteiger partial charge is 0.350 e. The van der Waals surface area contributed by atoms with Crippen LogP contribution in [0.4, 0.5) is 15.8 Å². The third-order valence-corrected chi connectivity index (χ3v) is 3.22. The van der Waals surface area contributed by atoms with E-state index >= 15 is 0 Å². The van der Waals surface area contributed by atoms with Crippen molar-refractivity contribution < 1.29 is 4.39 Å². The summed E-state index contributed by atoms with van der Waals surface area (Å²) >= 11 is 0. The first-order valence-corrected chi connectivity index (χ1v) is 6.37. The zero-order chi connectivity index (χ0) is 15.1. The summed E-state index contributed by atoms with van der Waals surface area (Å²) < 4.78 is 14.3. The normalized spacial score (nSPS) is 11.0. The number of hydrogen-bond acceptors (Lipinski definition) is 4. The van der Waals surface area contributed by atoms with Crippen molar-refractivity contribution in [2.45, 2.75) is 13.8 Å². The molecule has 0 aliphatic carbocycles. The standard InChI is InChI=1S/C15H12FN3O2/c1-8-7-9(2)19(18-8)13-12(14(20)15(13)21)17-11-5-3-10(16)4-6-11/h3-7,17H,1-2H3. The van der Waals surface area contributed by atoms with Gasteiger partial charge in [0.25, 0.3) is 10.9 Å². The van der Waals surface area contributed by atoms with E-state index in [2.05, 4.69) is 10.4 Å². The van der Waals surface area contributed by atoms with Gasteiger partial charge in [-0.05, 0) is 44.2 Å². The van der Waals surface area contributed by atoms with Crippen LogP contribution in [0.15, 0.2) is 39.9 Å². The van der Waals surface area contributed by atoms with Crippen LogP contribution in [0.1, 0.15) is 11.4 Å². The Morgan fingerprint density at radius 1 is 1.10 bits per heavy atom. The van der Waals surface area contributed by atoms with Gasteiger partial charge in [0, 0.05) is 11.4 Å². The summed E-state index contributed by atoms with van der Waals surface area (Å²) in [6, 6.07) is 7.36. The smallest absolute Gasteiger partial charge is 0.255 e. The number of rotatable bonds is 3. The number of nitrogens with one attached hydrogen (secondary N) is 1. The Morgan fingerprint density at radius 3 is 2.33 bits per heavy atom. The summed E-state index contributed by atoms with van der Waals surface area (Å²) in [5.74, 6) is -0.371. The van der Waals surface area contributed by atoms with Crippen molar-refractivity contribution in [3.8, 4) is 5.69 Å². The molecule has 0 aliphatic heterocycles. The molecule has 6 heteroatoms. The van der Waals surface area contributed by atoms with E-state index in [1.54, 1.807) is 6.92 Å². The summed E-state index contributed by atoms with van der Waals surface area (Å²) in [6.45, 7) is 3.61. The molecule has 0 bridgehead atoms. The predicted molar refractivity (Wildman–Crippen MR) is 77.6 cm³/mol. The second-order valence-corrected chi connectivity index (χ2v) is 4.85. The fourth-order valence-corrected chi connectivity index (χ4v) is 2.23. The van der Waals surface area contributed by atoms with Gasteiger partial charge in [-0.2, -0.15) is 5.10 Å². The number of halogens is 1. The molecule has 106 valence electrons. The first-order valence-electron chi connectivity index (χ1n) is 6.37. The molecule has 0 saturated carbocycles. The van der Waals surface area contributed by atoms with Crippen LogP contribution in [0.25, 0.3) is 5.69 Å². The summed E-state index contributed by atoms with van der Waals surface area (Å²) in [4.78, 5) is 23.6. The third kappa shape index (κ3) is 2.14. The van der Waals surface area contributed by atoms with E-state index in [0.29, 0.717) is 5.69 Å². The SMILES string of the molecule is Cc1cc(C)n(-c2c(Nc3ccc(F)cc3)c(=O)c2=O)n1. The fraction of sp³-hybridized carbons (Fsp3) is 0.133. The number of hydrogen-bond donors (Lipinski definition) is 1. The lowest BCUT2D eigenvalue weighted by Gasteiger charge is -2.14. The molecule has 1 N–H and O–H groups in total. The predicted octanol–water partition coefficient (Wildman–Crippen LogP) is 1.97. The monoisotopic (exact) mass is 285 g/mol. The van der Waals surface area contributed by atoms with Gasteiger partial charge in [-0.1, -0.05) is 0 Å². The maximum Gasteiger partial charge on any atom is 0.255 e. The van der Waals surface area contributed by atoms with Gasteiger partial charge in [0.1, 0.15) is 17.2 Å². The Kier molecular flexibility index (Phi) is 2.94. The molecule has 21 heavy (non-hydrogen) atoms. The van der Waals surface area contributed by atoms with Crippen LogP contribution in [-0.4, -0.2) is 9.78 Å². The van der Waals surface area contributed by atoms with Crippen LogP contribution in [-0.2, 0) is 0 Å². The Morgan fingerprint density at radius 2 is 1.76 bits per heavy atom. The van der Waals surface area contributed by atoms with Gasteiger partial charge < -0.3 is 5.32 Å². The molecule has 0 atom stereocenters. The van der Waals surface area contributed by atoms with Crippen LogP contribution in [0.5, 0.6) is 0 Å². The van der Waals surface area contributed by atoms with E-state index in [0.717, 1.165) is 11.4 Å². The summed E-state index contributed by atoms with van der Waals surface area (Å²) in [7, 11) is 0. The lowest BCUT2D eigenvalue weighted by atomic mass is 10.1. The Bertz CT molecular complexity index is 887. The van der Waals surface area contributed by atoms with Gasteiger partial charge in [0.15, 0.2) is 0 Å². The molecule has 2 aromatic carbocycles. The third-order valence-electron chi connectivity index (χ3n) is 3.22. The number of aryl methyl sites for hydroxylation is 2. The van der Waals surface area contributed by atoms with Crippen molar-refractivity contribution >= 4 is 11.4 Å². The zero-order valence-corrected chi connectivity index (χ0v) is 11.5.